The molecule has 2 rings (SSSR count). The predicted octanol–water partition coefficient (Wildman–Crippen LogP) is 2.01. The van der Waals surface area contributed by atoms with Crippen LogP contribution >= 0.6 is 0 Å². The maximum atomic E-state index is 12.9. The van der Waals surface area contributed by atoms with E-state index in [-0.39, 0.29) is 5.69 Å². The minimum atomic E-state index is -0.692. The van der Waals surface area contributed by atoms with Gasteiger partial charge in [0, 0.05) is 0 Å². The summed E-state index contributed by atoms with van der Waals surface area (Å²) in [5.41, 5.74) is 0.0186. The summed E-state index contributed by atoms with van der Waals surface area (Å²) in [7, 11) is 0. The van der Waals surface area contributed by atoms with Crippen molar-refractivity contribution in [2.24, 2.45) is 0 Å². The fourth-order valence-electron chi connectivity index (χ4n) is 1.44. The van der Waals surface area contributed by atoms with Crippen LogP contribution < -0.4 is 5.32 Å². The van der Waals surface area contributed by atoms with Gasteiger partial charge in [-0.3, -0.25) is 4.79 Å². The molecule has 0 aliphatic carbocycles. The highest BCUT2D eigenvalue weighted by Gasteiger charge is 2.16. The van der Waals surface area contributed by atoms with E-state index in [9.17, 15) is 9.18 Å². The molecule has 2 heterocycles. The fourth-order valence-corrected chi connectivity index (χ4v) is 1.44. The number of halogens is 1. The van der Waals surface area contributed by atoms with E-state index in [0.29, 0.717) is 11.7 Å². The van der Waals surface area contributed by atoms with Gasteiger partial charge in [-0.05, 0) is 26.0 Å². The Morgan fingerprint density at radius 2 is 2.28 bits per heavy atom. The van der Waals surface area contributed by atoms with Gasteiger partial charge in [-0.1, -0.05) is 6.07 Å². The van der Waals surface area contributed by atoms with Crippen LogP contribution in [0.3, 0.4) is 0 Å². The first-order valence-corrected chi connectivity index (χ1v) is 5.42. The molecule has 0 aliphatic heterocycles. The average Bonchev–Trinajstić information content (AvgIpc) is 2.76. The first kappa shape index (κ1) is 12.2. The van der Waals surface area contributed by atoms with Gasteiger partial charge >= 0.3 is 0 Å². The van der Waals surface area contributed by atoms with Crippen molar-refractivity contribution in [2.45, 2.75) is 19.9 Å². The lowest BCUT2D eigenvalue weighted by molar-refractivity contribution is 0.0927. The number of aromatic nitrogens is 2. The van der Waals surface area contributed by atoms with Crippen LogP contribution in [0.1, 0.15) is 35.1 Å². The molecule has 6 heteroatoms. The summed E-state index contributed by atoms with van der Waals surface area (Å²) in [6.07, 6.45) is 1.57. The van der Waals surface area contributed by atoms with Crippen molar-refractivity contribution in [3.8, 4) is 0 Å². The van der Waals surface area contributed by atoms with Crippen LogP contribution in [-0.2, 0) is 0 Å². The molecule has 1 atom stereocenters. The Labute approximate surface area is 103 Å². The summed E-state index contributed by atoms with van der Waals surface area (Å²) < 4.78 is 18.2. The third-order valence-electron chi connectivity index (χ3n) is 2.30. The largest absolute Gasteiger partial charge is 0.444 e. The molecule has 94 valence electrons. The van der Waals surface area contributed by atoms with Crippen molar-refractivity contribution in [2.75, 3.05) is 0 Å². The van der Waals surface area contributed by atoms with Crippen LogP contribution in [0.15, 0.2) is 28.8 Å². The first-order chi connectivity index (χ1) is 8.56. The Hall–Kier alpha value is -2.24. The molecule has 0 aromatic carbocycles. The van der Waals surface area contributed by atoms with Gasteiger partial charge in [0.25, 0.3) is 5.91 Å². The smallest absolute Gasteiger partial charge is 0.270 e. The van der Waals surface area contributed by atoms with Crippen LogP contribution in [0.2, 0.25) is 0 Å². The van der Waals surface area contributed by atoms with Crippen LogP contribution in [0.4, 0.5) is 4.39 Å². The number of nitrogens with zero attached hydrogens (tertiary/aromatic N) is 2. The minimum absolute atomic E-state index is 0.0186. The molecule has 1 amide bonds. The average molecular weight is 249 g/mol. The second-order valence-corrected chi connectivity index (χ2v) is 3.85. The number of pyridine rings is 1. The molecule has 1 unspecified atom stereocenters. The Morgan fingerprint density at radius 1 is 1.50 bits per heavy atom. The molecule has 0 saturated heterocycles. The Kier molecular flexibility index (Phi) is 3.36. The number of hydrogen-bond acceptors (Lipinski definition) is 4. The van der Waals surface area contributed by atoms with Gasteiger partial charge in [-0.15, -0.1) is 0 Å². The van der Waals surface area contributed by atoms with Gasteiger partial charge in [-0.25, -0.2) is 9.97 Å². The van der Waals surface area contributed by atoms with E-state index >= 15 is 0 Å². The standard InChI is InChI=1S/C12H12FN3O2/c1-7-6-14-12(18-7)8(2)15-11(17)9-4-3-5-10(13)16-9/h3-6,8H,1-2H3,(H,15,17). The maximum Gasteiger partial charge on any atom is 0.270 e. The second kappa shape index (κ2) is 4.95. The molecule has 0 radical (unpaired) electrons. The number of oxazole rings is 1. The van der Waals surface area contributed by atoms with Crippen molar-refractivity contribution in [1.82, 2.24) is 15.3 Å². The van der Waals surface area contributed by atoms with E-state index < -0.39 is 17.9 Å². The van der Waals surface area contributed by atoms with Crippen molar-refractivity contribution >= 4 is 5.91 Å². The van der Waals surface area contributed by atoms with Crippen LogP contribution in [0.5, 0.6) is 0 Å². The highest BCUT2D eigenvalue weighted by Crippen LogP contribution is 2.12. The molecule has 0 aliphatic rings. The molecule has 0 bridgehead atoms. The van der Waals surface area contributed by atoms with Crippen molar-refractivity contribution in [3.05, 3.63) is 47.7 Å². The SMILES string of the molecule is Cc1cnc(C(C)NC(=O)c2cccc(F)n2)o1. The quantitative estimate of drug-likeness (QED) is 0.845. The zero-order valence-electron chi connectivity index (χ0n) is 9.98. The summed E-state index contributed by atoms with van der Waals surface area (Å²) in [5, 5.41) is 2.63. The maximum absolute atomic E-state index is 12.9. The number of rotatable bonds is 3. The van der Waals surface area contributed by atoms with E-state index in [4.69, 9.17) is 4.42 Å². The third-order valence-corrected chi connectivity index (χ3v) is 2.30. The molecule has 5 nitrogen and oxygen atoms in total. The van der Waals surface area contributed by atoms with Crippen molar-refractivity contribution in [1.29, 1.82) is 0 Å². The molecule has 0 fully saturated rings. The number of carbonyl (C=O) groups is 1. The monoisotopic (exact) mass is 249 g/mol. The molecule has 2 aromatic rings. The summed E-state index contributed by atoms with van der Waals surface area (Å²) in [6.45, 7) is 3.49. The Morgan fingerprint density at radius 3 is 2.89 bits per heavy atom. The van der Waals surface area contributed by atoms with E-state index in [1.165, 1.54) is 18.2 Å². The first-order valence-electron chi connectivity index (χ1n) is 5.42. The van der Waals surface area contributed by atoms with Gasteiger partial charge in [0.05, 0.1) is 6.20 Å². The highest BCUT2D eigenvalue weighted by molar-refractivity contribution is 5.92. The lowest BCUT2D eigenvalue weighted by atomic mass is 10.3. The Balaban J connectivity index is 2.08. The topological polar surface area (TPSA) is 68.0 Å². The third kappa shape index (κ3) is 2.71. The van der Waals surface area contributed by atoms with E-state index in [1.54, 1.807) is 20.0 Å². The molecule has 18 heavy (non-hydrogen) atoms. The number of hydrogen-bond donors (Lipinski definition) is 1. The second-order valence-electron chi connectivity index (χ2n) is 3.85. The number of nitrogens with one attached hydrogen (secondary N) is 1. The van der Waals surface area contributed by atoms with Gasteiger partial charge in [0.2, 0.25) is 11.8 Å². The summed E-state index contributed by atoms with van der Waals surface area (Å²) >= 11 is 0. The summed E-state index contributed by atoms with van der Waals surface area (Å²) in [4.78, 5) is 19.3. The van der Waals surface area contributed by atoms with E-state index in [1.807, 2.05) is 0 Å². The molecule has 2 aromatic heterocycles. The number of aryl methyl sites for hydroxylation is 1. The predicted molar refractivity (Wildman–Crippen MR) is 61.3 cm³/mol. The Bertz CT molecular complexity index is 568. The molecular formula is C12H12FN3O2. The number of carbonyl (C=O) groups excluding carboxylic acids is 1. The highest BCUT2D eigenvalue weighted by atomic mass is 19.1. The summed E-state index contributed by atoms with van der Waals surface area (Å²) in [6, 6.07) is 3.64. The van der Waals surface area contributed by atoms with Gasteiger partial charge < -0.3 is 9.73 Å². The van der Waals surface area contributed by atoms with Crippen molar-refractivity contribution < 1.29 is 13.6 Å². The molecular weight excluding hydrogens is 237 g/mol. The molecule has 0 spiro atoms. The van der Waals surface area contributed by atoms with Crippen LogP contribution in [0, 0.1) is 12.9 Å². The normalized spacial score (nSPS) is 12.2. The minimum Gasteiger partial charge on any atom is -0.444 e. The fraction of sp³-hybridized carbons (Fsp3) is 0.250. The van der Waals surface area contributed by atoms with Crippen LogP contribution in [0.25, 0.3) is 0 Å². The molecule has 1 N–H and O–H groups in total. The lowest BCUT2D eigenvalue weighted by Crippen LogP contribution is -2.27. The van der Waals surface area contributed by atoms with Crippen molar-refractivity contribution in [3.63, 3.8) is 0 Å². The van der Waals surface area contributed by atoms with E-state index in [2.05, 4.69) is 15.3 Å². The lowest BCUT2D eigenvalue weighted by Gasteiger charge is -2.09. The van der Waals surface area contributed by atoms with Gasteiger partial charge in [0.15, 0.2) is 0 Å². The molecule has 0 saturated carbocycles. The van der Waals surface area contributed by atoms with Gasteiger partial charge in [0.1, 0.15) is 17.5 Å². The van der Waals surface area contributed by atoms with Gasteiger partial charge in [-0.2, -0.15) is 4.39 Å². The number of amides is 1. The zero-order chi connectivity index (χ0) is 13.1. The van der Waals surface area contributed by atoms with E-state index in [0.717, 1.165) is 0 Å². The van der Waals surface area contributed by atoms with Crippen LogP contribution in [-0.4, -0.2) is 15.9 Å². The zero-order valence-corrected chi connectivity index (χ0v) is 9.98. The summed E-state index contributed by atoms with van der Waals surface area (Å²) in [5.74, 6) is -0.104.